The molecule has 1 aliphatic rings. The molecule has 20 heavy (non-hydrogen) atoms. The predicted octanol–water partition coefficient (Wildman–Crippen LogP) is 5.41. The van der Waals surface area contributed by atoms with Crippen LogP contribution < -0.4 is 4.90 Å². The molecule has 112 valence electrons. The van der Waals surface area contributed by atoms with E-state index in [2.05, 4.69) is 65.5 Å². The van der Waals surface area contributed by atoms with E-state index in [0.717, 1.165) is 0 Å². The number of hydrogen-bond acceptors (Lipinski definition) is 1. The van der Waals surface area contributed by atoms with Gasteiger partial charge >= 0.3 is 0 Å². The minimum Gasteiger partial charge on any atom is -0.365 e. The Morgan fingerprint density at radius 3 is 1.90 bits per heavy atom. The summed E-state index contributed by atoms with van der Waals surface area (Å²) in [5.74, 6) is 0. The molecule has 0 N–H and O–H groups in total. The van der Waals surface area contributed by atoms with Crippen molar-refractivity contribution in [3.05, 3.63) is 28.8 Å². The average molecular weight is 273 g/mol. The molecule has 1 saturated heterocycles. The molecular formula is C19H31N. The molecule has 0 unspecified atom stereocenters. The van der Waals surface area contributed by atoms with Crippen molar-refractivity contribution in [3.8, 4) is 0 Å². The van der Waals surface area contributed by atoms with Crippen molar-refractivity contribution in [3.63, 3.8) is 0 Å². The average Bonchev–Trinajstić information content (AvgIpc) is 2.61. The van der Waals surface area contributed by atoms with Gasteiger partial charge in [-0.2, -0.15) is 0 Å². The summed E-state index contributed by atoms with van der Waals surface area (Å²) in [6, 6.07) is 4.66. The van der Waals surface area contributed by atoms with Crippen molar-refractivity contribution in [2.45, 2.75) is 73.3 Å². The number of anilines is 1. The summed E-state index contributed by atoms with van der Waals surface area (Å²) in [5, 5.41) is 0. The number of nitrogens with zero attached hydrogens (tertiary/aromatic N) is 1. The summed E-state index contributed by atoms with van der Waals surface area (Å²) in [6.45, 7) is 17.5. The minimum absolute atomic E-state index is 0.261. The van der Waals surface area contributed by atoms with Gasteiger partial charge < -0.3 is 4.90 Å². The standard InChI is InChI=1S/C19H31N/c1-8-19(9-2)12-18(6,7)20(13-19)17-15(4)10-14(3)11-16(17)5/h10-11H,8-9,12-13H2,1-7H3. The lowest BCUT2D eigenvalue weighted by Gasteiger charge is -2.36. The van der Waals surface area contributed by atoms with E-state index in [-0.39, 0.29) is 5.54 Å². The van der Waals surface area contributed by atoms with Crippen LogP contribution in [0.1, 0.15) is 63.6 Å². The van der Waals surface area contributed by atoms with Crippen LogP contribution in [0.5, 0.6) is 0 Å². The maximum Gasteiger partial charge on any atom is 0.0430 e. The molecule has 0 saturated carbocycles. The molecule has 0 spiro atoms. The van der Waals surface area contributed by atoms with Crippen LogP contribution in [0.3, 0.4) is 0 Å². The SMILES string of the molecule is CCC1(CC)CN(c2c(C)cc(C)cc2C)C(C)(C)C1. The highest BCUT2D eigenvalue weighted by molar-refractivity contribution is 5.62. The first kappa shape index (κ1) is 15.4. The lowest BCUT2D eigenvalue weighted by atomic mass is 9.78. The van der Waals surface area contributed by atoms with Crippen LogP contribution in [0.2, 0.25) is 0 Å². The minimum atomic E-state index is 0.261. The molecule has 1 heteroatoms. The Morgan fingerprint density at radius 2 is 1.50 bits per heavy atom. The van der Waals surface area contributed by atoms with Gasteiger partial charge in [0.2, 0.25) is 0 Å². The number of aryl methyl sites for hydroxylation is 3. The summed E-state index contributed by atoms with van der Waals surface area (Å²) in [7, 11) is 0. The van der Waals surface area contributed by atoms with Crippen molar-refractivity contribution < 1.29 is 0 Å². The van der Waals surface area contributed by atoms with E-state index in [1.54, 1.807) is 0 Å². The van der Waals surface area contributed by atoms with Gasteiger partial charge in [-0.15, -0.1) is 0 Å². The van der Waals surface area contributed by atoms with E-state index in [0.29, 0.717) is 5.41 Å². The fourth-order valence-electron chi connectivity index (χ4n) is 4.32. The van der Waals surface area contributed by atoms with Crippen molar-refractivity contribution >= 4 is 5.69 Å². The second-order valence-corrected chi connectivity index (χ2v) is 7.53. The van der Waals surface area contributed by atoms with Gasteiger partial charge in [-0.1, -0.05) is 31.5 Å². The molecule has 1 aliphatic heterocycles. The Balaban J connectivity index is 2.48. The molecule has 1 nitrogen and oxygen atoms in total. The van der Waals surface area contributed by atoms with Gasteiger partial charge in [0.1, 0.15) is 0 Å². The topological polar surface area (TPSA) is 3.24 Å². The molecule has 2 rings (SSSR count). The van der Waals surface area contributed by atoms with Crippen LogP contribution in [0.4, 0.5) is 5.69 Å². The van der Waals surface area contributed by atoms with E-state index in [4.69, 9.17) is 0 Å². The zero-order valence-electron chi connectivity index (χ0n) is 14.4. The fourth-order valence-corrected chi connectivity index (χ4v) is 4.32. The molecule has 0 aromatic heterocycles. The third kappa shape index (κ3) is 2.47. The van der Waals surface area contributed by atoms with Gasteiger partial charge in [0.15, 0.2) is 0 Å². The van der Waals surface area contributed by atoms with Gasteiger partial charge in [-0.05, 0) is 70.4 Å². The quantitative estimate of drug-likeness (QED) is 0.712. The smallest absolute Gasteiger partial charge is 0.0430 e. The summed E-state index contributed by atoms with van der Waals surface area (Å²) < 4.78 is 0. The Morgan fingerprint density at radius 1 is 1.00 bits per heavy atom. The number of benzene rings is 1. The van der Waals surface area contributed by atoms with Crippen molar-refractivity contribution in [2.75, 3.05) is 11.4 Å². The summed E-state index contributed by atoms with van der Waals surface area (Å²) >= 11 is 0. The van der Waals surface area contributed by atoms with Crippen LogP contribution in [-0.4, -0.2) is 12.1 Å². The zero-order valence-corrected chi connectivity index (χ0v) is 14.4. The van der Waals surface area contributed by atoms with Crippen molar-refractivity contribution in [2.24, 2.45) is 5.41 Å². The van der Waals surface area contributed by atoms with Gasteiger partial charge in [-0.25, -0.2) is 0 Å². The zero-order chi connectivity index (χ0) is 15.1. The summed E-state index contributed by atoms with van der Waals surface area (Å²) in [4.78, 5) is 2.68. The van der Waals surface area contributed by atoms with E-state index < -0.39 is 0 Å². The second-order valence-electron chi connectivity index (χ2n) is 7.53. The highest BCUT2D eigenvalue weighted by Crippen LogP contribution is 2.49. The molecule has 1 heterocycles. The first-order valence-corrected chi connectivity index (χ1v) is 8.10. The van der Waals surface area contributed by atoms with Gasteiger partial charge in [0, 0.05) is 17.8 Å². The largest absolute Gasteiger partial charge is 0.365 e. The molecule has 0 amide bonds. The number of hydrogen-bond donors (Lipinski definition) is 0. The van der Waals surface area contributed by atoms with Crippen LogP contribution in [0.25, 0.3) is 0 Å². The molecule has 1 fully saturated rings. The first-order chi connectivity index (χ1) is 9.24. The summed E-state index contributed by atoms with van der Waals surface area (Å²) in [5.41, 5.74) is 6.46. The fraction of sp³-hybridized carbons (Fsp3) is 0.684. The monoisotopic (exact) mass is 273 g/mol. The van der Waals surface area contributed by atoms with E-state index in [1.807, 2.05) is 0 Å². The van der Waals surface area contributed by atoms with Gasteiger partial charge in [0.05, 0.1) is 0 Å². The van der Waals surface area contributed by atoms with Crippen molar-refractivity contribution in [1.82, 2.24) is 0 Å². The molecular weight excluding hydrogens is 242 g/mol. The molecule has 1 aromatic rings. The van der Waals surface area contributed by atoms with Crippen molar-refractivity contribution in [1.29, 1.82) is 0 Å². The van der Waals surface area contributed by atoms with E-state index in [9.17, 15) is 0 Å². The molecule has 0 atom stereocenters. The lowest BCUT2D eigenvalue weighted by Crippen LogP contribution is -2.39. The van der Waals surface area contributed by atoms with Crippen LogP contribution >= 0.6 is 0 Å². The molecule has 1 aromatic carbocycles. The van der Waals surface area contributed by atoms with Crippen LogP contribution in [0.15, 0.2) is 12.1 Å². The van der Waals surface area contributed by atoms with E-state index >= 15 is 0 Å². The maximum absolute atomic E-state index is 2.68. The lowest BCUT2D eigenvalue weighted by molar-refractivity contribution is 0.276. The number of rotatable bonds is 3. The Bertz CT molecular complexity index is 471. The molecule has 0 bridgehead atoms. The first-order valence-electron chi connectivity index (χ1n) is 8.10. The van der Waals surface area contributed by atoms with Crippen LogP contribution in [0, 0.1) is 26.2 Å². The van der Waals surface area contributed by atoms with Crippen LogP contribution in [-0.2, 0) is 0 Å². The third-order valence-electron chi connectivity index (χ3n) is 5.44. The van der Waals surface area contributed by atoms with E-state index in [1.165, 1.54) is 48.2 Å². The second kappa shape index (κ2) is 5.09. The normalized spacial score (nSPS) is 20.4. The molecule has 0 radical (unpaired) electrons. The molecule has 0 aliphatic carbocycles. The Hall–Kier alpha value is -0.980. The highest BCUT2D eigenvalue weighted by atomic mass is 15.2. The van der Waals surface area contributed by atoms with Gasteiger partial charge in [0.25, 0.3) is 0 Å². The summed E-state index contributed by atoms with van der Waals surface area (Å²) in [6.07, 6.45) is 3.88. The van der Waals surface area contributed by atoms with Gasteiger partial charge in [-0.3, -0.25) is 0 Å². The Kier molecular flexibility index (Phi) is 3.92. The highest BCUT2D eigenvalue weighted by Gasteiger charge is 2.46. The maximum atomic E-state index is 2.68. The Labute approximate surface area is 125 Å². The third-order valence-corrected chi connectivity index (χ3v) is 5.44. The predicted molar refractivity (Wildman–Crippen MR) is 89.7 cm³/mol.